The van der Waals surface area contributed by atoms with Gasteiger partial charge in [-0.15, -0.1) is 0 Å². The third-order valence-corrected chi connectivity index (χ3v) is 5.21. The van der Waals surface area contributed by atoms with E-state index in [1.807, 2.05) is 23.1 Å². The van der Waals surface area contributed by atoms with E-state index in [-0.39, 0.29) is 5.91 Å². The highest BCUT2D eigenvalue weighted by Gasteiger charge is 2.18. The predicted octanol–water partition coefficient (Wildman–Crippen LogP) is 4.19. The standard InChI is InChI=1S/C23H38N4O/c1-18(12-13-23(2,3)4)26-22(24-5)25-17-19-10-9-11-20(16-19)21(28)27-14-7-6-8-15-27/h9-11,16,18H,6-8,12-15,17H2,1-5H3,(H2,24,25,26). The molecule has 0 aliphatic carbocycles. The van der Waals surface area contributed by atoms with Crippen LogP contribution >= 0.6 is 0 Å². The average Bonchev–Trinajstić information content (AvgIpc) is 2.69. The molecule has 1 aromatic carbocycles. The van der Waals surface area contributed by atoms with Gasteiger partial charge in [0.25, 0.3) is 5.91 Å². The fraction of sp³-hybridized carbons (Fsp3) is 0.652. The smallest absolute Gasteiger partial charge is 0.253 e. The van der Waals surface area contributed by atoms with Crippen molar-refractivity contribution in [2.75, 3.05) is 20.1 Å². The van der Waals surface area contributed by atoms with Gasteiger partial charge in [0.2, 0.25) is 0 Å². The molecule has 1 amide bonds. The zero-order valence-electron chi connectivity index (χ0n) is 18.3. The number of hydrogen-bond donors (Lipinski definition) is 2. The van der Waals surface area contributed by atoms with E-state index >= 15 is 0 Å². The SMILES string of the molecule is CN=C(NCc1cccc(C(=O)N2CCCCC2)c1)NC(C)CCC(C)(C)C. The van der Waals surface area contributed by atoms with Gasteiger partial charge in [-0.05, 0) is 62.1 Å². The second-order valence-electron chi connectivity index (χ2n) is 9.12. The summed E-state index contributed by atoms with van der Waals surface area (Å²) in [5.74, 6) is 0.953. The second-order valence-corrected chi connectivity index (χ2v) is 9.12. The molecule has 1 atom stereocenters. The number of carbonyl (C=O) groups is 1. The Balaban J connectivity index is 1.87. The highest BCUT2D eigenvalue weighted by atomic mass is 16.2. The van der Waals surface area contributed by atoms with E-state index in [1.54, 1.807) is 7.05 Å². The van der Waals surface area contributed by atoms with Gasteiger partial charge in [0.05, 0.1) is 0 Å². The van der Waals surface area contributed by atoms with Crippen LogP contribution in [-0.4, -0.2) is 42.9 Å². The molecule has 5 nitrogen and oxygen atoms in total. The summed E-state index contributed by atoms with van der Waals surface area (Å²) >= 11 is 0. The van der Waals surface area contributed by atoms with Crippen molar-refractivity contribution in [3.8, 4) is 0 Å². The minimum Gasteiger partial charge on any atom is -0.354 e. The first kappa shape index (κ1) is 22.3. The third kappa shape index (κ3) is 7.53. The Morgan fingerprint density at radius 2 is 1.93 bits per heavy atom. The van der Waals surface area contributed by atoms with Crippen molar-refractivity contribution in [2.45, 2.75) is 72.4 Å². The first-order valence-electron chi connectivity index (χ1n) is 10.6. The van der Waals surface area contributed by atoms with Crippen molar-refractivity contribution in [3.05, 3.63) is 35.4 Å². The van der Waals surface area contributed by atoms with Crippen LogP contribution in [0.3, 0.4) is 0 Å². The molecule has 0 spiro atoms. The molecule has 1 aromatic rings. The van der Waals surface area contributed by atoms with E-state index in [0.717, 1.165) is 49.4 Å². The maximum atomic E-state index is 12.7. The largest absolute Gasteiger partial charge is 0.354 e. The summed E-state index contributed by atoms with van der Waals surface area (Å²) in [5.41, 5.74) is 2.21. The van der Waals surface area contributed by atoms with Crippen LogP contribution in [0.4, 0.5) is 0 Å². The van der Waals surface area contributed by atoms with Crippen molar-refractivity contribution in [2.24, 2.45) is 10.4 Å². The number of guanidine groups is 1. The molecule has 0 bridgehead atoms. The normalized spacial score (nSPS) is 16.6. The molecule has 156 valence electrons. The van der Waals surface area contributed by atoms with Gasteiger partial charge in [0, 0.05) is 38.3 Å². The van der Waals surface area contributed by atoms with Crippen LogP contribution in [0, 0.1) is 5.41 Å². The van der Waals surface area contributed by atoms with Crippen molar-refractivity contribution in [1.82, 2.24) is 15.5 Å². The average molecular weight is 387 g/mol. The number of nitrogens with zero attached hydrogens (tertiary/aromatic N) is 2. The molecule has 0 radical (unpaired) electrons. The van der Waals surface area contributed by atoms with E-state index < -0.39 is 0 Å². The molecule has 0 aromatic heterocycles. The van der Waals surface area contributed by atoms with E-state index in [2.05, 4.69) is 49.4 Å². The fourth-order valence-electron chi connectivity index (χ4n) is 3.43. The Morgan fingerprint density at radius 1 is 1.21 bits per heavy atom. The summed E-state index contributed by atoms with van der Waals surface area (Å²) in [5, 5.41) is 6.84. The van der Waals surface area contributed by atoms with Crippen LogP contribution in [-0.2, 0) is 6.54 Å². The lowest BCUT2D eigenvalue weighted by molar-refractivity contribution is 0.0724. The highest BCUT2D eigenvalue weighted by Crippen LogP contribution is 2.21. The van der Waals surface area contributed by atoms with Crippen molar-refractivity contribution < 1.29 is 4.79 Å². The molecule has 1 aliphatic heterocycles. The Morgan fingerprint density at radius 3 is 2.57 bits per heavy atom. The number of rotatable bonds is 6. The van der Waals surface area contributed by atoms with E-state index in [9.17, 15) is 4.79 Å². The van der Waals surface area contributed by atoms with Gasteiger partial charge in [-0.25, -0.2) is 0 Å². The lowest BCUT2D eigenvalue weighted by Crippen LogP contribution is -2.42. The Bertz CT molecular complexity index is 657. The summed E-state index contributed by atoms with van der Waals surface area (Å²) in [7, 11) is 1.79. The van der Waals surface area contributed by atoms with Crippen LogP contribution in [0.15, 0.2) is 29.3 Å². The van der Waals surface area contributed by atoms with Gasteiger partial charge >= 0.3 is 0 Å². The number of piperidine rings is 1. The molecule has 2 N–H and O–H groups in total. The molecule has 1 saturated heterocycles. The molecular weight excluding hydrogens is 348 g/mol. The lowest BCUT2D eigenvalue weighted by atomic mass is 9.89. The van der Waals surface area contributed by atoms with Crippen molar-refractivity contribution >= 4 is 11.9 Å². The number of aliphatic imine (C=N–C) groups is 1. The number of benzene rings is 1. The number of carbonyl (C=O) groups excluding carboxylic acids is 1. The van der Waals surface area contributed by atoms with Crippen LogP contribution in [0.1, 0.15) is 75.7 Å². The first-order valence-corrected chi connectivity index (χ1v) is 10.6. The van der Waals surface area contributed by atoms with Gasteiger partial charge < -0.3 is 15.5 Å². The molecule has 1 fully saturated rings. The van der Waals surface area contributed by atoms with Crippen LogP contribution in [0.5, 0.6) is 0 Å². The van der Waals surface area contributed by atoms with Crippen LogP contribution in [0.25, 0.3) is 0 Å². The van der Waals surface area contributed by atoms with Crippen molar-refractivity contribution in [3.63, 3.8) is 0 Å². The Kier molecular flexibility index (Phi) is 8.34. The molecule has 5 heteroatoms. The summed E-state index contributed by atoms with van der Waals surface area (Å²) in [4.78, 5) is 19.0. The quantitative estimate of drug-likeness (QED) is 0.569. The van der Waals surface area contributed by atoms with Crippen LogP contribution in [0.2, 0.25) is 0 Å². The highest BCUT2D eigenvalue weighted by molar-refractivity contribution is 5.94. The molecule has 1 heterocycles. The molecular formula is C23H38N4O. The monoisotopic (exact) mass is 386 g/mol. The van der Waals surface area contributed by atoms with E-state index in [1.165, 1.54) is 12.8 Å². The van der Waals surface area contributed by atoms with E-state index in [4.69, 9.17) is 0 Å². The first-order chi connectivity index (χ1) is 13.3. The minimum absolute atomic E-state index is 0.153. The van der Waals surface area contributed by atoms with Crippen LogP contribution < -0.4 is 10.6 Å². The fourth-order valence-corrected chi connectivity index (χ4v) is 3.43. The van der Waals surface area contributed by atoms with E-state index in [0.29, 0.717) is 18.0 Å². The van der Waals surface area contributed by atoms with Gasteiger partial charge in [-0.3, -0.25) is 9.79 Å². The predicted molar refractivity (Wildman–Crippen MR) is 118 cm³/mol. The van der Waals surface area contributed by atoms with Gasteiger partial charge in [0.1, 0.15) is 0 Å². The summed E-state index contributed by atoms with van der Waals surface area (Å²) in [6, 6.07) is 8.30. The molecule has 0 saturated carbocycles. The molecule has 1 unspecified atom stereocenters. The van der Waals surface area contributed by atoms with Gasteiger partial charge in [0.15, 0.2) is 5.96 Å². The zero-order valence-corrected chi connectivity index (χ0v) is 18.3. The summed E-state index contributed by atoms with van der Waals surface area (Å²) in [6.07, 6.45) is 5.72. The minimum atomic E-state index is 0.153. The van der Waals surface area contributed by atoms with Gasteiger partial charge in [-0.2, -0.15) is 0 Å². The Hall–Kier alpha value is -2.04. The molecule has 28 heavy (non-hydrogen) atoms. The summed E-state index contributed by atoms with van der Waals surface area (Å²) in [6.45, 7) is 11.4. The number of hydrogen-bond acceptors (Lipinski definition) is 2. The maximum absolute atomic E-state index is 12.7. The number of likely N-dealkylation sites (tertiary alicyclic amines) is 1. The molecule has 1 aliphatic rings. The van der Waals surface area contributed by atoms with Crippen molar-refractivity contribution in [1.29, 1.82) is 0 Å². The maximum Gasteiger partial charge on any atom is 0.253 e. The second kappa shape index (κ2) is 10.5. The third-order valence-electron chi connectivity index (χ3n) is 5.21. The number of nitrogens with one attached hydrogen (secondary N) is 2. The van der Waals surface area contributed by atoms with Gasteiger partial charge in [-0.1, -0.05) is 32.9 Å². The molecule has 2 rings (SSSR count). The Labute approximate surface area is 171 Å². The number of amides is 1. The zero-order chi connectivity index (χ0) is 20.6. The lowest BCUT2D eigenvalue weighted by Gasteiger charge is -2.27. The topological polar surface area (TPSA) is 56.7 Å². The summed E-state index contributed by atoms with van der Waals surface area (Å²) < 4.78 is 0.